The molecule has 0 saturated carbocycles. The number of alkyl halides is 3. The molecule has 4 heterocycles. The Bertz CT molecular complexity index is 1060. The number of urea groups is 1. The van der Waals surface area contributed by atoms with Crippen molar-refractivity contribution in [2.45, 2.75) is 44.8 Å². The van der Waals surface area contributed by atoms with E-state index in [9.17, 15) is 18.0 Å². The summed E-state index contributed by atoms with van der Waals surface area (Å²) in [5.74, 6) is -0.234. The van der Waals surface area contributed by atoms with Gasteiger partial charge < -0.3 is 25.3 Å². The highest BCUT2D eigenvalue weighted by Crippen LogP contribution is 2.34. The maximum absolute atomic E-state index is 13.6. The Labute approximate surface area is 208 Å². The third kappa shape index (κ3) is 6.18. The number of aromatic nitrogens is 4. The molecule has 2 amide bonds. The van der Waals surface area contributed by atoms with Crippen LogP contribution in [0.15, 0.2) is 12.4 Å². The molecule has 0 radical (unpaired) electrons. The van der Waals surface area contributed by atoms with Crippen molar-refractivity contribution in [3.63, 3.8) is 0 Å². The molecule has 1 unspecified atom stereocenters. The molecule has 198 valence electrons. The molecule has 0 bridgehead atoms. The maximum Gasteiger partial charge on any atom is 0.421 e. The van der Waals surface area contributed by atoms with Crippen LogP contribution in [-0.4, -0.2) is 93.8 Å². The quantitative estimate of drug-likeness (QED) is 0.526. The second-order valence-corrected chi connectivity index (χ2v) is 9.57. The van der Waals surface area contributed by atoms with Crippen molar-refractivity contribution in [3.05, 3.63) is 23.7 Å². The minimum Gasteiger partial charge on any atom is -0.369 e. The molecule has 1 atom stereocenters. The van der Waals surface area contributed by atoms with Gasteiger partial charge in [-0.2, -0.15) is 23.3 Å². The first-order valence-electron chi connectivity index (χ1n) is 12.3. The van der Waals surface area contributed by atoms with Gasteiger partial charge in [-0.25, -0.2) is 9.78 Å². The van der Waals surface area contributed by atoms with Crippen LogP contribution >= 0.6 is 0 Å². The van der Waals surface area contributed by atoms with Crippen LogP contribution in [0.2, 0.25) is 0 Å². The monoisotopic (exact) mass is 509 g/mol. The van der Waals surface area contributed by atoms with Crippen molar-refractivity contribution in [2.75, 3.05) is 64.0 Å². The van der Waals surface area contributed by atoms with Crippen LogP contribution in [0.1, 0.15) is 43.0 Å². The van der Waals surface area contributed by atoms with Crippen molar-refractivity contribution in [1.82, 2.24) is 34.4 Å². The Hall–Kier alpha value is -3.09. The van der Waals surface area contributed by atoms with E-state index < -0.39 is 11.7 Å². The van der Waals surface area contributed by atoms with E-state index in [1.165, 1.54) is 0 Å². The lowest BCUT2D eigenvalue weighted by atomic mass is 10.2. The zero-order valence-electron chi connectivity index (χ0n) is 21.0. The number of anilines is 3. The number of nitrogens with one attached hydrogen (secondary N) is 2. The number of hydrogen-bond acceptors (Lipinski definition) is 7. The Kier molecular flexibility index (Phi) is 7.86. The van der Waals surface area contributed by atoms with Crippen LogP contribution in [0.4, 0.5) is 35.4 Å². The lowest BCUT2D eigenvalue weighted by Crippen LogP contribution is -2.40. The van der Waals surface area contributed by atoms with Gasteiger partial charge in [0.25, 0.3) is 0 Å². The summed E-state index contributed by atoms with van der Waals surface area (Å²) in [5.41, 5.74) is 0.439. The minimum absolute atomic E-state index is 0.0443. The number of carbonyl (C=O) groups is 1. The Morgan fingerprint density at radius 3 is 2.67 bits per heavy atom. The van der Waals surface area contributed by atoms with Crippen molar-refractivity contribution in [1.29, 1.82) is 0 Å². The molecule has 2 fully saturated rings. The van der Waals surface area contributed by atoms with Gasteiger partial charge in [-0.3, -0.25) is 4.68 Å². The van der Waals surface area contributed by atoms with Crippen molar-refractivity contribution in [2.24, 2.45) is 0 Å². The lowest BCUT2D eigenvalue weighted by molar-refractivity contribution is -0.137. The molecule has 2 aliphatic rings. The molecule has 13 heteroatoms. The van der Waals surface area contributed by atoms with Crippen LogP contribution in [0, 0.1) is 6.92 Å². The fourth-order valence-corrected chi connectivity index (χ4v) is 4.59. The highest BCUT2D eigenvalue weighted by Gasteiger charge is 2.35. The first-order valence-corrected chi connectivity index (χ1v) is 12.3. The minimum atomic E-state index is -4.60. The smallest absolute Gasteiger partial charge is 0.369 e. The van der Waals surface area contributed by atoms with Crippen LogP contribution in [0.3, 0.4) is 0 Å². The number of rotatable bonds is 8. The molecule has 0 aliphatic carbocycles. The summed E-state index contributed by atoms with van der Waals surface area (Å²) >= 11 is 0. The van der Waals surface area contributed by atoms with Gasteiger partial charge in [-0.15, -0.1) is 0 Å². The molecule has 10 nitrogen and oxygen atoms in total. The average Bonchev–Trinajstić information content (AvgIpc) is 3.37. The van der Waals surface area contributed by atoms with Gasteiger partial charge in [0.2, 0.25) is 5.95 Å². The number of carbonyl (C=O) groups excluding carboxylic acids is 1. The predicted molar refractivity (Wildman–Crippen MR) is 130 cm³/mol. The largest absolute Gasteiger partial charge is 0.421 e. The standard InChI is InChI=1S/C23H34F3N9O/c1-16-19(15-35(31-16)17-7-12-32(2)14-17)29-21-28-13-18(23(24,25)26)20(30-21)27-8-6-11-34-10-5-4-9-33(3)22(34)36/h13,15,17H,4-12,14H2,1-3H3,(H2,27,28,29,30). The number of halogens is 3. The number of likely N-dealkylation sites (tertiary alicyclic amines) is 1. The first-order chi connectivity index (χ1) is 17.1. The highest BCUT2D eigenvalue weighted by atomic mass is 19.4. The Morgan fingerprint density at radius 1 is 1.17 bits per heavy atom. The Morgan fingerprint density at radius 2 is 1.94 bits per heavy atom. The predicted octanol–water partition coefficient (Wildman–Crippen LogP) is 3.57. The maximum atomic E-state index is 13.6. The molecule has 2 N–H and O–H groups in total. The van der Waals surface area contributed by atoms with E-state index in [-0.39, 0.29) is 30.4 Å². The second-order valence-electron chi connectivity index (χ2n) is 9.57. The zero-order valence-corrected chi connectivity index (χ0v) is 21.0. The van der Waals surface area contributed by atoms with Gasteiger partial charge in [0.15, 0.2) is 0 Å². The normalized spacial score (nSPS) is 19.6. The third-order valence-corrected chi connectivity index (χ3v) is 6.66. The number of amides is 2. The van der Waals surface area contributed by atoms with Gasteiger partial charge in [-0.05, 0) is 46.2 Å². The van der Waals surface area contributed by atoms with E-state index >= 15 is 0 Å². The molecular formula is C23H34F3N9O. The molecule has 0 spiro atoms. The summed E-state index contributed by atoms with van der Waals surface area (Å²) < 4.78 is 42.7. The van der Waals surface area contributed by atoms with Gasteiger partial charge in [0.1, 0.15) is 11.4 Å². The number of hydrogen-bond donors (Lipinski definition) is 2. The van der Waals surface area contributed by atoms with E-state index in [1.54, 1.807) is 16.8 Å². The highest BCUT2D eigenvalue weighted by molar-refractivity contribution is 5.74. The average molecular weight is 510 g/mol. The molecule has 2 aromatic heterocycles. The molecule has 4 rings (SSSR count). The lowest BCUT2D eigenvalue weighted by Gasteiger charge is -2.24. The van der Waals surface area contributed by atoms with Gasteiger partial charge in [0, 0.05) is 52.2 Å². The summed E-state index contributed by atoms with van der Waals surface area (Å²) in [6, 6.07) is 0.211. The molecule has 2 aromatic rings. The van der Waals surface area contributed by atoms with Gasteiger partial charge in [0.05, 0.1) is 17.4 Å². The zero-order chi connectivity index (χ0) is 25.9. The van der Waals surface area contributed by atoms with Crippen molar-refractivity contribution >= 4 is 23.5 Å². The SMILES string of the molecule is Cc1nn(C2CCN(C)C2)cc1Nc1ncc(C(F)(F)F)c(NCCCN2CCCCN(C)C2=O)n1. The molecule has 36 heavy (non-hydrogen) atoms. The van der Waals surface area contributed by atoms with Gasteiger partial charge in [-0.1, -0.05) is 0 Å². The van der Waals surface area contributed by atoms with E-state index in [2.05, 4.69) is 37.6 Å². The molecular weight excluding hydrogens is 475 g/mol. The Balaban J connectivity index is 1.42. The van der Waals surface area contributed by atoms with Gasteiger partial charge >= 0.3 is 12.2 Å². The van der Waals surface area contributed by atoms with E-state index in [0.29, 0.717) is 25.2 Å². The number of aryl methyl sites for hydroxylation is 1. The topological polar surface area (TPSA) is 94.5 Å². The second kappa shape index (κ2) is 10.9. The fourth-order valence-electron chi connectivity index (χ4n) is 4.59. The summed E-state index contributed by atoms with van der Waals surface area (Å²) in [4.78, 5) is 26.1. The summed E-state index contributed by atoms with van der Waals surface area (Å²) in [7, 11) is 3.83. The van der Waals surface area contributed by atoms with Crippen LogP contribution in [-0.2, 0) is 6.18 Å². The summed E-state index contributed by atoms with van der Waals surface area (Å²) in [6.45, 7) is 5.79. The van der Waals surface area contributed by atoms with Crippen molar-refractivity contribution < 1.29 is 18.0 Å². The number of likely N-dealkylation sites (N-methyl/N-ethyl adjacent to an activating group) is 1. The first kappa shape index (κ1) is 26.0. The van der Waals surface area contributed by atoms with E-state index in [4.69, 9.17) is 0 Å². The van der Waals surface area contributed by atoms with Crippen LogP contribution in [0.25, 0.3) is 0 Å². The van der Waals surface area contributed by atoms with E-state index in [0.717, 1.165) is 50.8 Å². The summed E-state index contributed by atoms with van der Waals surface area (Å²) in [6.07, 6.45) is 1.38. The fraction of sp³-hybridized carbons (Fsp3) is 0.652. The number of nitrogens with zero attached hydrogens (tertiary/aromatic N) is 7. The molecule has 2 aliphatic heterocycles. The van der Waals surface area contributed by atoms with Crippen molar-refractivity contribution in [3.8, 4) is 0 Å². The third-order valence-electron chi connectivity index (χ3n) is 6.66. The summed E-state index contributed by atoms with van der Waals surface area (Å²) in [5, 5.41) is 10.4. The van der Waals surface area contributed by atoms with E-state index in [1.807, 2.05) is 17.8 Å². The van der Waals surface area contributed by atoms with Crippen LogP contribution in [0.5, 0.6) is 0 Å². The molecule has 2 saturated heterocycles. The van der Waals surface area contributed by atoms with Crippen LogP contribution < -0.4 is 10.6 Å². The molecule has 0 aromatic carbocycles.